The first-order valence-corrected chi connectivity index (χ1v) is 9.01. The molecule has 1 aromatic carbocycles. The Labute approximate surface area is 151 Å². The van der Waals surface area contributed by atoms with Crippen LogP contribution >= 0.6 is 11.6 Å². The molecule has 0 aliphatic carbocycles. The summed E-state index contributed by atoms with van der Waals surface area (Å²) in [5, 5.41) is 0.730. The van der Waals surface area contributed by atoms with Crippen molar-refractivity contribution in [2.24, 2.45) is 0 Å². The summed E-state index contributed by atoms with van der Waals surface area (Å²) in [5.74, 6) is 2.07. The largest absolute Gasteiger partial charge is 0.354 e. The minimum absolute atomic E-state index is 0.730. The lowest BCUT2D eigenvalue weighted by Crippen LogP contribution is -2.46. The van der Waals surface area contributed by atoms with Gasteiger partial charge < -0.3 is 9.88 Å². The second-order valence-corrected chi connectivity index (χ2v) is 6.77. The van der Waals surface area contributed by atoms with Crippen molar-refractivity contribution in [2.75, 3.05) is 31.1 Å². The fourth-order valence-corrected chi connectivity index (χ4v) is 3.50. The highest BCUT2D eigenvalue weighted by molar-refractivity contribution is 6.31. The van der Waals surface area contributed by atoms with Crippen LogP contribution in [0, 0.1) is 0 Å². The number of fused-ring (bicyclic) bond motifs is 1. The van der Waals surface area contributed by atoms with Gasteiger partial charge in [-0.25, -0.2) is 15.0 Å². The molecule has 0 radical (unpaired) electrons. The molecule has 0 unspecified atom stereocenters. The lowest BCUT2D eigenvalue weighted by atomic mass is 10.2. The van der Waals surface area contributed by atoms with Crippen LogP contribution in [0.5, 0.6) is 0 Å². The van der Waals surface area contributed by atoms with Gasteiger partial charge in [0.2, 0.25) is 0 Å². The van der Waals surface area contributed by atoms with E-state index in [1.165, 1.54) is 5.56 Å². The summed E-state index contributed by atoms with van der Waals surface area (Å²) in [7, 11) is 0. The highest BCUT2D eigenvalue weighted by Gasteiger charge is 2.20. The molecule has 0 saturated carbocycles. The van der Waals surface area contributed by atoms with E-state index < -0.39 is 0 Å². The Hall–Kier alpha value is -2.18. The molecule has 0 bridgehead atoms. The third-order valence-corrected chi connectivity index (χ3v) is 4.92. The van der Waals surface area contributed by atoms with Crippen molar-refractivity contribution >= 4 is 28.5 Å². The van der Waals surface area contributed by atoms with Crippen LogP contribution in [0.15, 0.2) is 30.7 Å². The standard InChI is InChI=1S/C18H21ClN6/c1-2-13-10-20-12-21-18(13)25-7-5-24(6-8-25)11-17-22-15-4-3-14(19)9-16(15)23-17/h3-4,9-10,12H,2,5-8,11H2,1H3,(H,22,23). The summed E-state index contributed by atoms with van der Waals surface area (Å²) in [5.41, 5.74) is 3.17. The number of nitrogens with zero attached hydrogens (tertiary/aromatic N) is 5. The fraction of sp³-hybridized carbons (Fsp3) is 0.389. The maximum absolute atomic E-state index is 6.04. The molecule has 3 heterocycles. The molecular formula is C18H21ClN6. The minimum atomic E-state index is 0.730. The first-order chi connectivity index (χ1) is 12.2. The molecule has 1 aliphatic rings. The summed E-state index contributed by atoms with van der Waals surface area (Å²) in [6, 6.07) is 5.75. The smallest absolute Gasteiger partial charge is 0.135 e. The molecule has 1 N–H and O–H groups in total. The average molecular weight is 357 g/mol. The van der Waals surface area contributed by atoms with E-state index in [0.717, 1.165) is 66.8 Å². The van der Waals surface area contributed by atoms with Crippen molar-refractivity contribution in [3.05, 3.63) is 47.1 Å². The number of piperazine rings is 1. The topological polar surface area (TPSA) is 60.9 Å². The zero-order chi connectivity index (χ0) is 17.2. The van der Waals surface area contributed by atoms with E-state index in [9.17, 15) is 0 Å². The number of aromatic amines is 1. The van der Waals surface area contributed by atoms with Crippen LogP contribution in [-0.4, -0.2) is 51.0 Å². The summed E-state index contributed by atoms with van der Waals surface area (Å²) >= 11 is 6.04. The molecule has 6 nitrogen and oxygen atoms in total. The van der Waals surface area contributed by atoms with E-state index in [1.54, 1.807) is 6.33 Å². The Bertz CT molecular complexity index is 869. The number of benzene rings is 1. The van der Waals surface area contributed by atoms with Crippen molar-refractivity contribution < 1.29 is 0 Å². The van der Waals surface area contributed by atoms with Gasteiger partial charge in [-0.2, -0.15) is 0 Å². The molecule has 0 amide bonds. The van der Waals surface area contributed by atoms with Gasteiger partial charge in [-0.3, -0.25) is 4.90 Å². The summed E-state index contributed by atoms with van der Waals surface area (Å²) in [6.07, 6.45) is 4.52. The normalized spacial score (nSPS) is 15.8. The zero-order valence-corrected chi connectivity index (χ0v) is 15.0. The molecular weight excluding hydrogens is 336 g/mol. The molecule has 7 heteroatoms. The number of hydrogen-bond acceptors (Lipinski definition) is 5. The van der Waals surface area contributed by atoms with Gasteiger partial charge >= 0.3 is 0 Å². The van der Waals surface area contributed by atoms with Crippen molar-refractivity contribution in [1.82, 2.24) is 24.8 Å². The van der Waals surface area contributed by atoms with E-state index in [0.29, 0.717) is 0 Å². The van der Waals surface area contributed by atoms with Gasteiger partial charge in [0, 0.05) is 43.0 Å². The SMILES string of the molecule is CCc1cncnc1N1CCN(Cc2nc3ccc(Cl)cc3[nH]2)CC1. The van der Waals surface area contributed by atoms with Crippen LogP contribution in [-0.2, 0) is 13.0 Å². The predicted molar refractivity (Wildman–Crippen MR) is 100 cm³/mol. The van der Waals surface area contributed by atoms with E-state index in [1.807, 2.05) is 24.4 Å². The Morgan fingerprint density at radius 2 is 2.04 bits per heavy atom. The van der Waals surface area contributed by atoms with Gasteiger partial charge in [0.25, 0.3) is 0 Å². The number of H-pyrrole nitrogens is 1. The first-order valence-electron chi connectivity index (χ1n) is 8.63. The van der Waals surface area contributed by atoms with Crippen LogP contribution in [0.25, 0.3) is 11.0 Å². The monoisotopic (exact) mass is 356 g/mol. The number of aryl methyl sites for hydroxylation is 1. The second kappa shape index (κ2) is 6.98. The Kier molecular flexibility index (Phi) is 4.55. The molecule has 1 fully saturated rings. The van der Waals surface area contributed by atoms with Crippen LogP contribution in [0.2, 0.25) is 5.02 Å². The van der Waals surface area contributed by atoms with Gasteiger partial charge in [0.1, 0.15) is 18.0 Å². The van der Waals surface area contributed by atoms with Crippen LogP contribution < -0.4 is 4.90 Å². The van der Waals surface area contributed by atoms with Crippen molar-refractivity contribution in [2.45, 2.75) is 19.9 Å². The average Bonchev–Trinajstić information content (AvgIpc) is 3.03. The Balaban J connectivity index is 1.41. The molecule has 130 valence electrons. The lowest BCUT2D eigenvalue weighted by Gasteiger charge is -2.35. The zero-order valence-electron chi connectivity index (χ0n) is 14.2. The molecule has 0 spiro atoms. The van der Waals surface area contributed by atoms with E-state index in [2.05, 4.69) is 36.7 Å². The molecule has 2 aromatic heterocycles. The maximum atomic E-state index is 6.04. The van der Waals surface area contributed by atoms with Crippen LogP contribution in [0.1, 0.15) is 18.3 Å². The third kappa shape index (κ3) is 3.45. The molecule has 0 atom stereocenters. The van der Waals surface area contributed by atoms with Gasteiger partial charge in [-0.05, 0) is 24.6 Å². The number of nitrogens with one attached hydrogen (secondary N) is 1. The highest BCUT2D eigenvalue weighted by Crippen LogP contribution is 2.20. The number of hydrogen-bond donors (Lipinski definition) is 1. The quantitative estimate of drug-likeness (QED) is 0.778. The van der Waals surface area contributed by atoms with E-state index >= 15 is 0 Å². The summed E-state index contributed by atoms with van der Waals surface area (Å²) in [6.45, 7) is 6.89. The van der Waals surface area contributed by atoms with Crippen molar-refractivity contribution in [3.63, 3.8) is 0 Å². The number of rotatable bonds is 4. The third-order valence-electron chi connectivity index (χ3n) is 4.68. The fourth-order valence-electron chi connectivity index (χ4n) is 3.33. The molecule has 25 heavy (non-hydrogen) atoms. The molecule has 4 rings (SSSR count). The lowest BCUT2D eigenvalue weighted by molar-refractivity contribution is 0.244. The second-order valence-electron chi connectivity index (χ2n) is 6.33. The number of imidazole rings is 1. The number of halogens is 1. The van der Waals surface area contributed by atoms with Gasteiger partial charge in [-0.15, -0.1) is 0 Å². The van der Waals surface area contributed by atoms with E-state index in [4.69, 9.17) is 11.6 Å². The van der Waals surface area contributed by atoms with Crippen molar-refractivity contribution in [1.29, 1.82) is 0 Å². The molecule has 1 saturated heterocycles. The van der Waals surface area contributed by atoms with Crippen molar-refractivity contribution in [3.8, 4) is 0 Å². The van der Waals surface area contributed by atoms with Gasteiger partial charge in [-0.1, -0.05) is 18.5 Å². The van der Waals surface area contributed by atoms with Crippen LogP contribution in [0.3, 0.4) is 0 Å². The predicted octanol–water partition coefficient (Wildman–Crippen LogP) is 2.89. The maximum Gasteiger partial charge on any atom is 0.135 e. The van der Waals surface area contributed by atoms with Gasteiger partial charge in [0.05, 0.1) is 17.6 Å². The molecule has 1 aliphatic heterocycles. The van der Waals surface area contributed by atoms with E-state index in [-0.39, 0.29) is 0 Å². The highest BCUT2D eigenvalue weighted by atomic mass is 35.5. The minimum Gasteiger partial charge on any atom is -0.354 e. The number of anilines is 1. The first kappa shape index (κ1) is 16.3. The Morgan fingerprint density at radius 3 is 2.84 bits per heavy atom. The van der Waals surface area contributed by atoms with Gasteiger partial charge in [0.15, 0.2) is 0 Å². The van der Waals surface area contributed by atoms with Crippen LogP contribution in [0.4, 0.5) is 5.82 Å². The summed E-state index contributed by atoms with van der Waals surface area (Å²) in [4.78, 5) is 21.4. The Morgan fingerprint density at radius 1 is 1.20 bits per heavy atom. The molecule has 3 aromatic rings. The number of aromatic nitrogens is 4. The summed E-state index contributed by atoms with van der Waals surface area (Å²) < 4.78 is 0.